The Labute approximate surface area is 85.4 Å². The number of aliphatic hydroxyl groups excluding tert-OH is 1. The van der Waals surface area contributed by atoms with Crippen LogP contribution in [0.5, 0.6) is 0 Å². The predicted octanol–water partition coefficient (Wildman–Crippen LogP) is 0.452. The molecule has 7 heteroatoms. The van der Waals surface area contributed by atoms with Gasteiger partial charge in [0.1, 0.15) is 13.2 Å². The molecule has 0 radical (unpaired) electrons. The monoisotopic (exact) mass is 229 g/mol. The van der Waals surface area contributed by atoms with Gasteiger partial charge in [0.25, 0.3) is 0 Å². The average molecular weight is 229 g/mol. The van der Waals surface area contributed by atoms with Gasteiger partial charge in [0.2, 0.25) is 5.91 Å². The van der Waals surface area contributed by atoms with E-state index in [-0.39, 0.29) is 6.61 Å². The molecular weight excluding hydrogens is 215 g/mol. The number of nitrogens with one attached hydrogen (secondary N) is 1. The molecule has 0 spiro atoms. The molecule has 0 atom stereocenters. The summed E-state index contributed by atoms with van der Waals surface area (Å²) in [7, 11) is 0. The van der Waals surface area contributed by atoms with Crippen LogP contribution >= 0.6 is 0 Å². The fraction of sp³-hybridized carbons (Fsp3) is 0.875. The SMILES string of the molecule is CC(C)(CO)NC(=O)COCC(F)(F)F. The zero-order valence-corrected chi connectivity index (χ0v) is 8.52. The van der Waals surface area contributed by atoms with Crippen LogP contribution in [0.2, 0.25) is 0 Å². The first-order chi connectivity index (χ1) is 6.66. The maximum atomic E-state index is 11.6. The highest BCUT2D eigenvalue weighted by molar-refractivity contribution is 5.77. The summed E-state index contributed by atoms with van der Waals surface area (Å²) in [6.07, 6.45) is -4.44. The van der Waals surface area contributed by atoms with Crippen LogP contribution < -0.4 is 5.32 Å². The van der Waals surface area contributed by atoms with Crippen molar-refractivity contribution in [3.8, 4) is 0 Å². The molecule has 0 aliphatic rings. The molecule has 4 nitrogen and oxygen atoms in total. The number of rotatable bonds is 5. The van der Waals surface area contributed by atoms with Crippen molar-refractivity contribution < 1.29 is 27.8 Å². The molecule has 0 aromatic heterocycles. The van der Waals surface area contributed by atoms with E-state index in [0.29, 0.717) is 0 Å². The van der Waals surface area contributed by atoms with Crippen LogP contribution in [-0.2, 0) is 9.53 Å². The first-order valence-corrected chi connectivity index (χ1v) is 4.23. The van der Waals surface area contributed by atoms with E-state index in [1.807, 2.05) is 0 Å². The topological polar surface area (TPSA) is 58.6 Å². The quantitative estimate of drug-likeness (QED) is 0.719. The Morgan fingerprint density at radius 1 is 1.40 bits per heavy atom. The molecule has 0 bridgehead atoms. The smallest absolute Gasteiger partial charge is 0.394 e. The lowest BCUT2D eigenvalue weighted by molar-refractivity contribution is -0.176. The van der Waals surface area contributed by atoms with Gasteiger partial charge in [0.05, 0.1) is 12.1 Å². The summed E-state index contributed by atoms with van der Waals surface area (Å²) < 4.78 is 39.0. The Morgan fingerprint density at radius 2 is 1.93 bits per heavy atom. The largest absolute Gasteiger partial charge is 0.411 e. The van der Waals surface area contributed by atoms with E-state index in [0.717, 1.165) is 0 Å². The molecule has 15 heavy (non-hydrogen) atoms. The summed E-state index contributed by atoms with van der Waals surface area (Å²) in [5, 5.41) is 11.1. The molecule has 0 aromatic rings. The minimum Gasteiger partial charge on any atom is -0.394 e. The number of hydrogen-bond acceptors (Lipinski definition) is 3. The molecule has 0 heterocycles. The van der Waals surface area contributed by atoms with Gasteiger partial charge < -0.3 is 15.2 Å². The zero-order chi connectivity index (χ0) is 12.1. The number of ether oxygens (including phenoxy) is 1. The van der Waals surface area contributed by atoms with Crippen molar-refractivity contribution >= 4 is 5.91 Å². The van der Waals surface area contributed by atoms with Crippen LogP contribution in [-0.4, -0.2) is 42.5 Å². The highest BCUT2D eigenvalue weighted by Gasteiger charge is 2.28. The second-order valence-electron chi connectivity index (χ2n) is 3.70. The van der Waals surface area contributed by atoms with Crippen molar-refractivity contribution in [2.75, 3.05) is 19.8 Å². The number of halogens is 3. The summed E-state index contributed by atoms with van der Waals surface area (Å²) in [6.45, 7) is 0.629. The van der Waals surface area contributed by atoms with Gasteiger partial charge >= 0.3 is 6.18 Å². The highest BCUT2D eigenvalue weighted by atomic mass is 19.4. The zero-order valence-electron chi connectivity index (χ0n) is 8.52. The molecule has 2 N–H and O–H groups in total. The summed E-state index contributed by atoms with van der Waals surface area (Å²) in [6, 6.07) is 0. The van der Waals surface area contributed by atoms with E-state index in [1.54, 1.807) is 0 Å². The fourth-order valence-electron chi connectivity index (χ4n) is 0.712. The third-order valence-electron chi connectivity index (χ3n) is 1.37. The van der Waals surface area contributed by atoms with E-state index < -0.39 is 30.8 Å². The van der Waals surface area contributed by atoms with Crippen LogP contribution in [0.15, 0.2) is 0 Å². The lowest BCUT2D eigenvalue weighted by atomic mass is 10.1. The molecule has 90 valence electrons. The molecular formula is C8H14F3NO3. The van der Waals surface area contributed by atoms with E-state index in [1.165, 1.54) is 13.8 Å². The van der Waals surface area contributed by atoms with E-state index >= 15 is 0 Å². The number of carbonyl (C=O) groups is 1. The minimum absolute atomic E-state index is 0.308. The van der Waals surface area contributed by atoms with E-state index in [9.17, 15) is 18.0 Å². The van der Waals surface area contributed by atoms with Crippen molar-refractivity contribution in [3.63, 3.8) is 0 Å². The van der Waals surface area contributed by atoms with Crippen molar-refractivity contribution in [2.24, 2.45) is 0 Å². The van der Waals surface area contributed by atoms with Crippen molar-refractivity contribution in [1.82, 2.24) is 5.32 Å². The summed E-state index contributed by atoms with van der Waals surface area (Å²) in [5.74, 6) is -0.696. The van der Waals surface area contributed by atoms with Gasteiger partial charge in [0.15, 0.2) is 0 Å². The highest BCUT2D eigenvalue weighted by Crippen LogP contribution is 2.14. The van der Waals surface area contributed by atoms with Gasteiger partial charge in [-0.25, -0.2) is 0 Å². The molecule has 0 rings (SSSR count). The van der Waals surface area contributed by atoms with Gasteiger partial charge in [-0.1, -0.05) is 0 Å². The lowest BCUT2D eigenvalue weighted by Gasteiger charge is -2.23. The van der Waals surface area contributed by atoms with Gasteiger partial charge in [-0.2, -0.15) is 13.2 Å². The van der Waals surface area contributed by atoms with Crippen molar-refractivity contribution in [3.05, 3.63) is 0 Å². The first-order valence-electron chi connectivity index (χ1n) is 4.23. The van der Waals surface area contributed by atoms with Gasteiger partial charge in [-0.15, -0.1) is 0 Å². The summed E-state index contributed by atoms with van der Waals surface area (Å²) in [5.41, 5.74) is -0.862. The molecule has 0 saturated carbocycles. The second-order valence-corrected chi connectivity index (χ2v) is 3.70. The standard InChI is InChI=1S/C8H14F3NO3/c1-7(2,4-13)12-6(14)3-15-5-8(9,10)11/h13H,3-5H2,1-2H3,(H,12,14). The Morgan fingerprint density at radius 3 is 2.33 bits per heavy atom. The molecule has 0 aliphatic carbocycles. The van der Waals surface area contributed by atoms with E-state index in [2.05, 4.69) is 10.1 Å². The Balaban J connectivity index is 3.77. The molecule has 0 unspecified atom stereocenters. The number of aliphatic hydroxyl groups is 1. The minimum atomic E-state index is -4.44. The van der Waals surface area contributed by atoms with Crippen LogP contribution in [0.1, 0.15) is 13.8 Å². The maximum absolute atomic E-state index is 11.6. The first kappa shape index (κ1) is 14.2. The Bertz CT molecular complexity index is 216. The van der Waals surface area contributed by atoms with Crippen LogP contribution in [0.25, 0.3) is 0 Å². The third kappa shape index (κ3) is 8.19. The van der Waals surface area contributed by atoms with Gasteiger partial charge in [-0.3, -0.25) is 4.79 Å². The normalized spacial score (nSPS) is 12.7. The van der Waals surface area contributed by atoms with Crippen LogP contribution in [0.4, 0.5) is 13.2 Å². The Kier molecular flexibility index (Phi) is 5.02. The summed E-state index contributed by atoms with van der Waals surface area (Å²) >= 11 is 0. The van der Waals surface area contributed by atoms with Crippen LogP contribution in [0.3, 0.4) is 0 Å². The molecule has 0 fully saturated rings. The number of alkyl halides is 3. The lowest BCUT2D eigenvalue weighted by Crippen LogP contribution is -2.47. The van der Waals surface area contributed by atoms with Crippen LogP contribution in [0, 0.1) is 0 Å². The molecule has 1 amide bonds. The van der Waals surface area contributed by atoms with Gasteiger partial charge in [0, 0.05) is 0 Å². The molecule has 0 aromatic carbocycles. The second kappa shape index (κ2) is 5.32. The number of carbonyl (C=O) groups excluding carboxylic acids is 1. The summed E-state index contributed by atoms with van der Waals surface area (Å²) in [4.78, 5) is 11.0. The molecule has 0 saturated heterocycles. The van der Waals surface area contributed by atoms with Crippen molar-refractivity contribution in [1.29, 1.82) is 0 Å². The Hall–Kier alpha value is -0.820. The molecule has 0 aliphatic heterocycles. The number of amides is 1. The average Bonchev–Trinajstić information content (AvgIpc) is 2.00. The number of hydrogen-bond donors (Lipinski definition) is 2. The fourth-order valence-corrected chi connectivity index (χ4v) is 0.712. The van der Waals surface area contributed by atoms with E-state index in [4.69, 9.17) is 5.11 Å². The van der Waals surface area contributed by atoms with Gasteiger partial charge in [-0.05, 0) is 13.8 Å². The van der Waals surface area contributed by atoms with Crippen molar-refractivity contribution in [2.45, 2.75) is 25.6 Å². The third-order valence-corrected chi connectivity index (χ3v) is 1.37. The predicted molar refractivity (Wildman–Crippen MR) is 46.2 cm³/mol. The maximum Gasteiger partial charge on any atom is 0.411 e.